The van der Waals surface area contributed by atoms with Crippen LogP contribution in [0, 0.1) is 0 Å². The van der Waals surface area contributed by atoms with E-state index in [9.17, 15) is 0 Å². The van der Waals surface area contributed by atoms with Crippen molar-refractivity contribution in [3.05, 3.63) is 0 Å². The molecule has 9 heavy (non-hydrogen) atoms. The molecule has 3 N–H and O–H groups in total. The lowest BCUT2D eigenvalue weighted by atomic mass is 11.6. The third-order valence-electron chi connectivity index (χ3n) is 1.36. The van der Waals surface area contributed by atoms with Gasteiger partial charge in [0.25, 0.3) is 0 Å². The van der Waals surface area contributed by atoms with Crippen LogP contribution >= 0.6 is 0 Å². The second-order valence-electron chi connectivity index (χ2n) is 1.64. The van der Waals surface area contributed by atoms with E-state index in [1.165, 1.54) is 0 Å². The number of nitrogens with one attached hydrogen (secondary N) is 3. The highest BCUT2D eigenvalue weighted by Gasteiger charge is 2.29. The number of hydrogen-bond donors (Lipinski definition) is 3. The summed E-state index contributed by atoms with van der Waals surface area (Å²) in [5.41, 5.74) is 0. The van der Waals surface area contributed by atoms with Gasteiger partial charge in [-0.3, -0.25) is 14.9 Å². The smallest absolute Gasteiger partial charge is 0.383 e. The molecule has 0 aliphatic heterocycles. The third kappa shape index (κ3) is 2.03. The maximum Gasteiger partial charge on any atom is 0.439 e. The van der Waals surface area contributed by atoms with Crippen LogP contribution < -0.4 is 14.9 Å². The first kappa shape index (κ1) is 9.06. The number of rotatable bonds is 4. The predicted molar refractivity (Wildman–Crippen MR) is 39.9 cm³/mol. The van der Waals surface area contributed by atoms with Crippen LogP contribution in [0.5, 0.6) is 0 Å². The maximum atomic E-state index is 5.19. The average Bonchev–Trinajstić information content (AvgIpc) is 1.95. The van der Waals surface area contributed by atoms with Crippen molar-refractivity contribution in [3.63, 3.8) is 0 Å². The van der Waals surface area contributed by atoms with Gasteiger partial charge in [-0.1, -0.05) is 0 Å². The zero-order valence-corrected chi connectivity index (χ0v) is 7.41. The van der Waals surface area contributed by atoms with Gasteiger partial charge >= 0.3 is 8.80 Å². The summed E-state index contributed by atoms with van der Waals surface area (Å²) in [4.78, 5) is 9.18. The average molecular weight is 149 g/mol. The Morgan fingerprint density at radius 1 is 1.00 bits per heavy atom. The van der Waals surface area contributed by atoms with E-state index in [-0.39, 0.29) is 0 Å². The van der Waals surface area contributed by atoms with Gasteiger partial charge in [-0.05, 0) is 21.1 Å². The molecule has 0 bridgehead atoms. The van der Waals surface area contributed by atoms with Gasteiger partial charge in [0.2, 0.25) is 0 Å². The summed E-state index contributed by atoms with van der Waals surface area (Å²) < 4.78 is 5.19. The fourth-order valence-electron chi connectivity index (χ4n) is 0.681. The van der Waals surface area contributed by atoms with E-state index in [2.05, 4.69) is 14.9 Å². The first-order valence-corrected chi connectivity index (χ1v) is 4.77. The van der Waals surface area contributed by atoms with E-state index >= 15 is 0 Å². The van der Waals surface area contributed by atoms with Crippen LogP contribution in [0.4, 0.5) is 0 Å². The fourth-order valence-corrected chi connectivity index (χ4v) is 2.04. The molecule has 0 rings (SSSR count). The molecular formula is C4H15N3OSi. The van der Waals surface area contributed by atoms with Crippen molar-refractivity contribution < 1.29 is 4.43 Å². The van der Waals surface area contributed by atoms with Crippen molar-refractivity contribution in [1.82, 2.24) is 14.9 Å². The lowest BCUT2D eigenvalue weighted by Crippen LogP contribution is -2.70. The van der Waals surface area contributed by atoms with Crippen molar-refractivity contribution in [1.29, 1.82) is 0 Å². The molecule has 0 radical (unpaired) electrons. The van der Waals surface area contributed by atoms with E-state index < -0.39 is 8.80 Å². The molecule has 0 aliphatic carbocycles. The van der Waals surface area contributed by atoms with Crippen LogP contribution in [0.2, 0.25) is 0 Å². The summed E-state index contributed by atoms with van der Waals surface area (Å²) in [5, 5.41) is 0. The zero-order chi connectivity index (χ0) is 7.33. The highest BCUT2D eigenvalue weighted by Crippen LogP contribution is 1.82. The molecule has 0 saturated heterocycles. The standard InChI is InChI=1S/C4H15N3OSi/c1-5-9(6-2,7-3)8-4/h5-7H,1-4H3. The van der Waals surface area contributed by atoms with Crippen molar-refractivity contribution in [2.24, 2.45) is 0 Å². The van der Waals surface area contributed by atoms with Gasteiger partial charge in [-0.25, -0.2) is 0 Å². The monoisotopic (exact) mass is 149 g/mol. The second kappa shape index (κ2) is 3.97. The van der Waals surface area contributed by atoms with Crippen LogP contribution in [0.3, 0.4) is 0 Å². The highest BCUT2D eigenvalue weighted by atomic mass is 28.4. The predicted octanol–water partition coefficient (Wildman–Crippen LogP) is -1.27. The first-order chi connectivity index (χ1) is 4.24. The molecule has 4 nitrogen and oxygen atoms in total. The molecule has 5 heteroatoms. The molecule has 56 valence electrons. The molecule has 0 spiro atoms. The van der Waals surface area contributed by atoms with Crippen molar-refractivity contribution in [2.75, 3.05) is 28.3 Å². The second-order valence-corrected chi connectivity index (χ2v) is 4.91. The first-order valence-electron chi connectivity index (χ1n) is 2.86. The number of hydrogen-bond acceptors (Lipinski definition) is 4. The molecule has 0 heterocycles. The van der Waals surface area contributed by atoms with E-state index in [4.69, 9.17) is 4.43 Å². The lowest BCUT2D eigenvalue weighted by molar-refractivity contribution is 0.360. The van der Waals surface area contributed by atoms with Crippen molar-refractivity contribution >= 4 is 8.80 Å². The third-order valence-corrected chi connectivity index (χ3v) is 4.09. The Labute approximate surface area is 57.3 Å². The topological polar surface area (TPSA) is 45.3 Å². The Hall–Kier alpha value is 0.0569. The van der Waals surface area contributed by atoms with Gasteiger partial charge in [0.1, 0.15) is 0 Å². The summed E-state index contributed by atoms with van der Waals surface area (Å²) in [7, 11) is 5.33. The Balaban J connectivity index is 3.82. The highest BCUT2D eigenvalue weighted by molar-refractivity contribution is 6.65. The molecule has 0 saturated carbocycles. The molecule has 0 fully saturated rings. The van der Waals surface area contributed by atoms with E-state index in [0.29, 0.717) is 0 Å². The Kier molecular flexibility index (Phi) is 3.99. The molecule has 0 aromatic heterocycles. The van der Waals surface area contributed by atoms with Gasteiger partial charge in [-0.2, -0.15) is 0 Å². The molecule has 0 atom stereocenters. The quantitative estimate of drug-likeness (QED) is 0.436. The van der Waals surface area contributed by atoms with Crippen molar-refractivity contribution in [3.8, 4) is 0 Å². The summed E-state index contributed by atoms with van der Waals surface area (Å²) in [6.07, 6.45) is 0. The van der Waals surface area contributed by atoms with Gasteiger partial charge < -0.3 is 4.43 Å². The Morgan fingerprint density at radius 3 is 1.33 bits per heavy atom. The Morgan fingerprint density at radius 2 is 1.33 bits per heavy atom. The van der Waals surface area contributed by atoms with Gasteiger partial charge in [0.05, 0.1) is 0 Å². The molecule has 0 aromatic carbocycles. The van der Waals surface area contributed by atoms with Crippen LogP contribution in [0.25, 0.3) is 0 Å². The minimum Gasteiger partial charge on any atom is -0.383 e. The largest absolute Gasteiger partial charge is 0.439 e. The summed E-state index contributed by atoms with van der Waals surface area (Å²) in [6.45, 7) is 0. The van der Waals surface area contributed by atoms with Crippen LogP contribution in [-0.4, -0.2) is 37.1 Å². The van der Waals surface area contributed by atoms with E-state index in [1.807, 2.05) is 21.1 Å². The SMILES string of the molecule is CN[Si](NC)(NC)OC. The minimum atomic E-state index is -1.94. The fraction of sp³-hybridized carbons (Fsp3) is 1.00. The van der Waals surface area contributed by atoms with Crippen LogP contribution in [-0.2, 0) is 4.43 Å². The minimum absolute atomic E-state index is 1.68. The van der Waals surface area contributed by atoms with Crippen LogP contribution in [0.1, 0.15) is 0 Å². The van der Waals surface area contributed by atoms with Gasteiger partial charge in [-0.15, -0.1) is 0 Å². The van der Waals surface area contributed by atoms with Crippen molar-refractivity contribution in [2.45, 2.75) is 0 Å². The summed E-state index contributed by atoms with van der Waals surface area (Å²) in [6, 6.07) is 0. The maximum absolute atomic E-state index is 5.19. The molecule has 0 unspecified atom stereocenters. The van der Waals surface area contributed by atoms with Gasteiger partial charge in [0.15, 0.2) is 0 Å². The lowest BCUT2D eigenvalue weighted by Gasteiger charge is -2.25. The Bertz CT molecular complexity index is 58.7. The normalized spacial score (nSPS) is 12.0. The molecule has 0 amide bonds. The van der Waals surface area contributed by atoms with E-state index in [1.54, 1.807) is 7.11 Å². The van der Waals surface area contributed by atoms with E-state index in [0.717, 1.165) is 0 Å². The van der Waals surface area contributed by atoms with Gasteiger partial charge in [0, 0.05) is 7.11 Å². The summed E-state index contributed by atoms with van der Waals surface area (Å²) >= 11 is 0. The molecule has 0 aromatic rings. The molecule has 0 aliphatic rings. The summed E-state index contributed by atoms with van der Waals surface area (Å²) in [5.74, 6) is 0. The molecular weight excluding hydrogens is 134 g/mol. The van der Waals surface area contributed by atoms with Crippen LogP contribution in [0.15, 0.2) is 0 Å². The zero-order valence-electron chi connectivity index (χ0n) is 6.41.